The van der Waals surface area contributed by atoms with Crippen molar-refractivity contribution in [2.24, 2.45) is 5.92 Å². The first-order valence-corrected chi connectivity index (χ1v) is 7.19. The average Bonchev–Trinajstić information content (AvgIpc) is 2.46. The molecule has 0 atom stereocenters. The molecule has 0 spiro atoms. The summed E-state index contributed by atoms with van der Waals surface area (Å²) in [5.41, 5.74) is 0.337. The zero-order valence-corrected chi connectivity index (χ0v) is 12.4. The number of anilines is 2. The van der Waals surface area contributed by atoms with Gasteiger partial charge in [-0.05, 0) is 32.6 Å². The van der Waals surface area contributed by atoms with Crippen molar-refractivity contribution in [2.45, 2.75) is 26.7 Å². The molecule has 1 fully saturated rings. The fourth-order valence-electron chi connectivity index (χ4n) is 2.55. The first kappa shape index (κ1) is 15.4. The van der Waals surface area contributed by atoms with Gasteiger partial charge in [-0.3, -0.25) is 10.1 Å². The van der Waals surface area contributed by atoms with E-state index in [2.05, 4.69) is 15.3 Å². The Morgan fingerprint density at radius 1 is 1.43 bits per heavy atom. The predicted octanol–water partition coefficient (Wildman–Crippen LogP) is 1.33. The zero-order chi connectivity index (χ0) is 15.4. The molecule has 0 radical (unpaired) electrons. The highest BCUT2D eigenvalue weighted by Gasteiger charge is 2.29. The van der Waals surface area contributed by atoms with Crippen molar-refractivity contribution in [1.29, 1.82) is 0 Å². The topological polar surface area (TPSA) is 104 Å². The van der Waals surface area contributed by atoms with Crippen LogP contribution in [0.2, 0.25) is 0 Å². The molecule has 21 heavy (non-hydrogen) atoms. The number of aliphatic hydroxyl groups is 1. The Hall–Kier alpha value is -1.96. The van der Waals surface area contributed by atoms with E-state index in [0.29, 0.717) is 37.1 Å². The van der Waals surface area contributed by atoms with Gasteiger partial charge in [-0.1, -0.05) is 0 Å². The van der Waals surface area contributed by atoms with Crippen LogP contribution in [0.3, 0.4) is 0 Å². The molecular formula is C13H21N5O3. The Bertz CT molecular complexity index is 515. The Morgan fingerprint density at radius 2 is 2.10 bits per heavy atom. The lowest BCUT2D eigenvalue weighted by molar-refractivity contribution is -0.385. The zero-order valence-electron chi connectivity index (χ0n) is 12.4. The fraction of sp³-hybridized carbons (Fsp3) is 0.692. The van der Waals surface area contributed by atoms with Crippen LogP contribution in [0.1, 0.15) is 25.5 Å². The smallest absolute Gasteiger partial charge is 0.332 e. The number of aliphatic hydroxyl groups excluding tert-OH is 1. The Balaban J connectivity index is 2.33. The number of hydrogen-bond donors (Lipinski definition) is 2. The fourth-order valence-corrected chi connectivity index (χ4v) is 2.55. The van der Waals surface area contributed by atoms with Crippen molar-refractivity contribution >= 4 is 17.5 Å². The molecule has 2 N–H and O–H groups in total. The maximum Gasteiger partial charge on any atom is 0.332 e. The summed E-state index contributed by atoms with van der Waals surface area (Å²) < 4.78 is 0. The highest BCUT2D eigenvalue weighted by Crippen LogP contribution is 2.32. The SMILES string of the molecule is CCNc1nc(C)c([N+](=O)[O-])c(N2CCC(CO)CC2)n1. The molecule has 1 aliphatic rings. The van der Waals surface area contributed by atoms with Crippen LogP contribution in [0.15, 0.2) is 0 Å². The van der Waals surface area contributed by atoms with E-state index < -0.39 is 4.92 Å². The van der Waals surface area contributed by atoms with Crippen molar-refractivity contribution in [3.8, 4) is 0 Å². The van der Waals surface area contributed by atoms with Gasteiger partial charge in [-0.15, -0.1) is 0 Å². The van der Waals surface area contributed by atoms with E-state index in [1.54, 1.807) is 6.92 Å². The quantitative estimate of drug-likeness (QED) is 0.623. The van der Waals surface area contributed by atoms with Crippen molar-refractivity contribution in [3.05, 3.63) is 15.8 Å². The van der Waals surface area contributed by atoms with Gasteiger partial charge in [0.2, 0.25) is 11.8 Å². The van der Waals surface area contributed by atoms with Gasteiger partial charge in [0.05, 0.1) is 4.92 Å². The minimum absolute atomic E-state index is 0.0286. The summed E-state index contributed by atoms with van der Waals surface area (Å²) in [4.78, 5) is 21.3. The van der Waals surface area contributed by atoms with E-state index in [4.69, 9.17) is 0 Å². The average molecular weight is 295 g/mol. The summed E-state index contributed by atoms with van der Waals surface area (Å²) in [7, 11) is 0. The number of rotatable bonds is 5. The number of aromatic nitrogens is 2. The number of nitro groups is 1. The number of aryl methyl sites for hydroxylation is 1. The lowest BCUT2D eigenvalue weighted by Crippen LogP contribution is -2.36. The molecule has 8 nitrogen and oxygen atoms in total. The molecule has 8 heteroatoms. The standard InChI is InChI=1S/C13H21N5O3/c1-3-14-13-15-9(2)11(18(20)21)12(16-13)17-6-4-10(8-19)5-7-17/h10,19H,3-8H2,1-2H3,(H,14,15,16). The molecule has 0 amide bonds. The monoisotopic (exact) mass is 295 g/mol. The molecule has 0 aliphatic carbocycles. The second kappa shape index (κ2) is 6.66. The van der Waals surface area contributed by atoms with Crippen LogP contribution in [0.25, 0.3) is 0 Å². The van der Waals surface area contributed by atoms with E-state index in [1.807, 2.05) is 11.8 Å². The summed E-state index contributed by atoms with van der Waals surface area (Å²) in [6.07, 6.45) is 1.63. The Kier molecular flexibility index (Phi) is 4.89. The van der Waals surface area contributed by atoms with Gasteiger partial charge in [-0.25, -0.2) is 4.98 Å². The van der Waals surface area contributed by atoms with E-state index in [-0.39, 0.29) is 18.2 Å². The summed E-state index contributed by atoms with van der Waals surface area (Å²) in [6, 6.07) is 0. The second-order valence-electron chi connectivity index (χ2n) is 5.21. The normalized spacial score (nSPS) is 16.0. The number of piperidine rings is 1. The summed E-state index contributed by atoms with van der Waals surface area (Å²) in [6.45, 7) is 5.70. The summed E-state index contributed by atoms with van der Waals surface area (Å²) >= 11 is 0. The first-order valence-electron chi connectivity index (χ1n) is 7.19. The number of nitrogens with zero attached hydrogens (tertiary/aromatic N) is 4. The molecule has 2 rings (SSSR count). The van der Waals surface area contributed by atoms with E-state index in [9.17, 15) is 15.2 Å². The molecule has 0 unspecified atom stereocenters. The molecule has 1 aromatic rings. The van der Waals surface area contributed by atoms with Gasteiger partial charge in [0.1, 0.15) is 5.69 Å². The van der Waals surface area contributed by atoms with Crippen LogP contribution >= 0.6 is 0 Å². The van der Waals surface area contributed by atoms with Gasteiger partial charge in [0.15, 0.2) is 0 Å². The van der Waals surface area contributed by atoms with E-state index in [0.717, 1.165) is 12.8 Å². The van der Waals surface area contributed by atoms with Gasteiger partial charge in [0.25, 0.3) is 0 Å². The van der Waals surface area contributed by atoms with Crippen LogP contribution in [-0.2, 0) is 0 Å². The highest BCUT2D eigenvalue weighted by molar-refractivity contribution is 5.62. The third-order valence-corrected chi connectivity index (χ3v) is 3.73. The summed E-state index contributed by atoms with van der Waals surface area (Å²) in [5.74, 6) is 1.07. The molecule has 1 aromatic heterocycles. The maximum absolute atomic E-state index is 11.3. The molecule has 1 saturated heterocycles. The second-order valence-corrected chi connectivity index (χ2v) is 5.21. The van der Waals surface area contributed by atoms with Crippen molar-refractivity contribution in [3.63, 3.8) is 0 Å². The Morgan fingerprint density at radius 3 is 2.62 bits per heavy atom. The molecule has 0 bridgehead atoms. The maximum atomic E-state index is 11.3. The minimum Gasteiger partial charge on any atom is -0.396 e. The minimum atomic E-state index is -0.418. The molecule has 0 saturated carbocycles. The molecule has 0 aromatic carbocycles. The lowest BCUT2D eigenvalue weighted by Gasteiger charge is -2.31. The number of hydrogen-bond acceptors (Lipinski definition) is 7. The van der Waals surface area contributed by atoms with Gasteiger partial charge < -0.3 is 15.3 Å². The predicted molar refractivity (Wildman–Crippen MR) is 79.6 cm³/mol. The Labute approximate surface area is 123 Å². The van der Waals surface area contributed by atoms with Gasteiger partial charge >= 0.3 is 5.69 Å². The van der Waals surface area contributed by atoms with Crippen LogP contribution in [0.5, 0.6) is 0 Å². The third-order valence-electron chi connectivity index (χ3n) is 3.73. The van der Waals surface area contributed by atoms with E-state index >= 15 is 0 Å². The molecular weight excluding hydrogens is 274 g/mol. The largest absolute Gasteiger partial charge is 0.396 e. The van der Waals surface area contributed by atoms with Crippen molar-refractivity contribution in [1.82, 2.24) is 9.97 Å². The van der Waals surface area contributed by atoms with Crippen LogP contribution in [-0.4, -0.2) is 46.2 Å². The molecule has 116 valence electrons. The molecule has 1 aliphatic heterocycles. The third kappa shape index (κ3) is 3.38. The van der Waals surface area contributed by atoms with Crippen LogP contribution < -0.4 is 10.2 Å². The summed E-state index contributed by atoms with van der Waals surface area (Å²) in [5, 5.41) is 23.5. The van der Waals surface area contributed by atoms with Crippen molar-refractivity contribution in [2.75, 3.05) is 36.5 Å². The van der Waals surface area contributed by atoms with E-state index in [1.165, 1.54) is 0 Å². The molecule has 2 heterocycles. The van der Waals surface area contributed by atoms with Crippen LogP contribution in [0.4, 0.5) is 17.5 Å². The van der Waals surface area contributed by atoms with Crippen LogP contribution in [0, 0.1) is 23.0 Å². The van der Waals surface area contributed by atoms with Gasteiger partial charge in [0, 0.05) is 26.2 Å². The lowest BCUT2D eigenvalue weighted by atomic mass is 9.98. The van der Waals surface area contributed by atoms with Gasteiger partial charge in [-0.2, -0.15) is 4.98 Å². The number of nitrogens with one attached hydrogen (secondary N) is 1. The highest BCUT2D eigenvalue weighted by atomic mass is 16.6. The van der Waals surface area contributed by atoms with Crippen molar-refractivity contribution < 1.29 is 10.0 Å². The first-order chi connectivity index (χ1) is 10.1.